The minimum absolute atomic E-state index is 0.199. The molecule has 1 saturated heterocycles. The molecule has 0 radical (unpaired) electrons. The van der Waals surface area contributed by atoms with Gasteiger partial charge in [-0.05, 0) is 54.0 Å². The highest BCUT2D eigenvalue weighted by Gasteiger charge is 2.47. The van der Waals surface area contributed by atoms with E-state index in [4.69, 9.17) is 9.47 Å². The van der Waals surface area contributed by atoms with E-state index >= 15 is 0 Å². The van der Waals surface area contributed by atoms with E-state index in [9.17, 15) is 13.9 Å². The van der Waals surface area contributed by atoms with Gasteiger partial charge >= 0.3 is 0 Å². The van der Waals surface area contributed by atoms with Crippen molar-refractivity contribution in [3.63, 3.8) is 0 Å². The average Bonchev–Trinajstić information content (AvgIpc) is 3.17. The Morgan fingerprint density at radius 3 is 2.17 bits per heavy atom. The summed E-state index contributed by atoms with van der Waals surface area (Å²) in [4.78, 5) is 0. The highest BCUT2D eigenvalue weighted by Crippen LogP contribution is 2.44. The predicted molar refractivity (Wildman–Crippen MR) is 107 cm³/mol. The van der Waals surface area contributed by atoms with E-state index in [0.29, 0.717) is 62.9 Å². The highest BCUT2D eigenvalue weighted by molar-refractivity contribution is 5.31. The number of rotatable bonds is 5. The Labute approximate surface area is 170 Å². The maximum absolute atomic E-state index is 14.7. The summed E-state index contributed by atoms with van der Waals surface area (Å²) in [5.74, 6) is -1.57. The minimum Gasteiger partial charge on any atom is -0.390 e. The SMILES string of the molecule is CC(Cc1cc(F)c(Cc2ccccc2)cc1F)C1(O)CCC2(CC1)OCCO2. The van der Waals surface area contributed by atoms with Gasteiger partial charge in [0.05, 0.1) is 18.8 Å². The molecule has 1 aliphatic carbocycles. The summed E-state index contributed by atoms with van der Waals surface area (Å²) in [5.41, 5.74) is 0.674. The Bertz CT molecular complexity index is 837. The number of aliphatic hydroxyl groups is 1. The Morgan fingerprint density at radius 2 is 1.52 bits per heavy atom. The van der Waals surface area contributed by atoms with Crippen LogP contribution in [-0.4, -0.2) is 29.7 Å². The van der Waals surface area contributed by atoms with E-state index in [0.717, 1.165) is 5.56 Å². The number of halogens is 2. The molecule has 2 aromatic carbocycles. The molecule has 1 N–H and O–H groups in total. The molecular formula is C24H28F2O3. The predicted octanol–water partition coefficient (Wildman–Crippen LogP) is 4.78. The first-order chi connectivity index (χ1) is 13.9. The van der Waals surface area contributed by atoms with E-state index in [1.54, 1.807) is 0 Å². The van der Waals surface area contributed by atoms with Gasteiger partial charge in [0.25, 0.3) is 0 Å². The topological polar surface area (TPSA) is 38.7 Å². The molecule has 29 heavy (non-hydrogen) atoms. The second kappa shape index (κ2) is 8.13. The summed E-state index contributed by atoms with van der Waals surface area (Å²) in [6.45, 7) is 3.09. The van der Waals surface area contributed by atoms with Crippen molar-refractivity contribution in [2.24, 2.45) is 5.92 Å². The van der Waals surface area contributed by atoms with E-state index < -0.39 is 23.0 Å². The fourth-order valence-corrected chi connectivity index (χ4v) is 4.60. The molecule has 2 fully saturated rings. The zero-order valence-electron chi connectivity index (χ0n) is 16.8. The van der Waals surface area contributed by atoms with Gasteiger partial charge in [0.2, 0.25) is 0 Å². The fourth-order valence-electron chi connectivity index (χ4n) is 4.60. The van der Waals surface area contributed by atoms with Crippen molar-refractivity contribution in [1.82, 2.24) is 0 Å². The van der Waals surface area contributed by atoms with Crippen LogP contribution in [0, 0.1) is 17.6 Å². The van der Waals surface area contributed by atoms with Gasteiger partial charge in [-0.25, -0.2) is 8.78 Å². The van der Waals surface area contributed by atoms with E-state index in [1.807, 2.05) is 37.3 Å². The summed E-state index contributed by atoms with van der Waals surface area (Å²) < 4.78 is 40.8. The lowest BCUT2D eigenvalue weighted by molar-refractivity contribution is -0.209. The maximum Gasteiger partial charge on any atom is 0.168 e. The number of hydrogen-bond donors (Lipinski definition) is 1. The monoisotopic (exact) mass is 402 g/mol. The molecule has 1 heterocycles. The Hall–Kier alpha value is -1.82. The van der Waals surface area contributed by atoms with E-state index in [2.05, 4.69) is 0 Å². The molecule has 1 saturated carbocycles. The van der Waals surface area contributed by atoms with Crippen LogP contribution in [0.25, 0.3) is 0 Å². The average molecular weight is 402 g/mol. The molecule has 0 aromatic heterocycles. The number of benzene rings is 2. The first-order valence-corrected chi connectivity index (χ1v) is 10.4. The van der Waals surface area contributed by atoms with Gasteiger partial charge in [-0.3, -0.25) is 0 Å². The van der Waals surface area contributed by atoms with Crippen molar-refractivity contribution >= 4 is 0 Å². The van der Waals surface area contributed by atoms with Crippen LogP contribution in [0.3, 0.4) is 0 Å². The Balaban J connectivity index is 1.44. The van der Waals surface area contributed by atoms with Crippen LogP contribution in [0.15, 0.2) is 42.5 Å². The van der Waals surface area contributed by atoms with Crippen molar-refractivity contribution in [1.29, 1.82) is 0 Å². The summed E-state index contributed by atoms with van der Waals surface area (Å²) in [6.07, 6.45) is 2.96. The zero-order valence-corrected chi connectivity index (χ0v) is 16.8. The van der Waals surface area contributed by atoms with Crippen LogP contribution in [0.2, 0.25) is 0 Å². The first-order valence-electron chi connectivity index (χ1n) is 10.4. The molecule has 156 valence electrons. The van der Waals surface area contributed by atoms with Crippen molar-refractivity contribution in [3.05, 3.63) is 70.8 Å². The van der Waals surface area contributed by atoms with E-state index in [1.165, 1.54) is 12.1 Å². The lowest BCUT2D eigenvalue weighted by Crippen LogP contribution is -2.47. The molecule has 0 bridgehead atoms. The minimum atomic E-state index is -0.924. The third-order valence-corrected chi connectivity index (χ3v) is 6.59. The molecule has 1 unspecified atom stereocenters. The van der Waals surface area contributed by atoms with Gasteiger partial charge in [-0.1, -0.05) is 37.3 Å². The van der Waals surface area contributed by atoms with E-state index in [-0.39, 0.29) is 5.92 Å². The van der Waals surface area contributed by atoms with Gasteiger partial charge in [-0.2, -0.15) is 0 Å². The zero-order chi connectivity index (χ0) is 20.5. The largest absolute Gasteiger partial charge is 0.390 e. The van der Waals surface area contributed by atoms with Crippen molar-refractivity contribution < 1.29 is 23.4 Å². The normalized spacial score (nSPS) is 21.4. The van der Waals surface area contributed by atoms with Crippen molar-refractivity contribution in [2.75, 3.05) is 13.2 Å². The molecule has 5 heteroatoms. The van der Waals surface area contributed by atoms with Gasteiger partial charge in [-0.15, -0.1) is 0 Å². The molecule has 4 rings (SSSR count). The molecule has 2 aliphatic rings. The molecule has 2 aromatic rings. The molecule has 1 aliphatic heterocycles. The molecule has 1 spiro atoms. The van der Waals surface area contributed by atoms with Crippen LogP contribution in [0.1, 0.15) is 49.3 Å². The van der Waals surface area contributed by atoms with Crippen LogP contribution < -0.4 is 0 Å². The fraction of sp³-hybridized carbons (Fsp3) is 0.500. The quantitative estimate of drug-likeness (QED) is 0.782. The smallest absolute Gasteiger partial charge is 0.168 e. The Morgan fingerprint density at radius 1 is 0.931 bits per heavy atom. The highest BCUT2D eigenvalue weighted by atomic mass is 19.1. The molecular weight excluding hydrogens is 374 g/mol. The third-order valence-electron chi connectivity index (χ3n) is 6.59. The summed E-state index contributed by atoms with van der Waals surface area (Å²) in [7, 11) is 0. The second-order valence-electron chi connectivity index (χ2n) is 8.51. The molecule has 3 nitrogen and oxygen atoms in total. The number of hydrogen-bond acceptors (Lipinski definition) is 3. The summed E-state index contributed by atoms with van der Waals surface area (Å²) >= 11 is 0. The molecule has 0 amide bonds. The van der Waals surface area contributed by atoms with Crippen LogP contribution in [0.4, 0.5) is 8.78 Å². The lowest BCUT2D eigenvalue weighted by Gasteiger charge is -2.43. The lowest BCUT2D eigenvalue weighted by atomic mass is 9.72. The third kappa shape index (κ3) is 4.37. The van der Waals surface area contributed by atoms with Crippen LogP contribution >= 0.6 is 0 Å². The number of ether oxygens (including phenoxy) is 2. The van der Waals surface area contributed by atoms with Gasteiger partial charge in [0, 0.05) is 19.3 Å². The standard InChI is InChI=1S/C24H28F2O3/c1-17(23(27)7-9-24(10-8-23)28-11-12-29-24)13-19-15-22(26)20(16-21(19)25)14-18-5-3-2-4-6-18/h2-6,15-17,27H,7-14H2,1H3. The van der Waals surface area contributed by atoms with Gasteiger partial charge in [0.15, 0.2) is 5.79 Å². The maximum atomic E-state index is 14.7. The second-order valence-corrected chi connectivity index (χ2v) is 8.51. The first kappa shape index (κ1) is 20.5. The van der Waals surface area contributed by atoms with Gasteiger partial charge in [0.1, 0.15) is 11.6 Å². The Kier molecular flexibility index (Phi) is 5.74. The molecule has 1 atom stereocenters. The summed E-state index contributed by atoms with van der Waals surface area (Å²) in [5, 5.41) is 11.1. The van der Waals surface area contributed by atoms with Crippen LogP contribution in [-0.2, 0) is 22.3 Å². The van der Waals surface area contributed by atoms with Crippen molar-refractivity contribution in [3.8, 4) is 0 Å². The van der Waals surface area contributed by atoms with Crippen LogP contribution in [0.5, 0.6) is 0 Å². The summed E-state index contributed by atoms with van der Waals surface area (Å²) in [6, 6.07) is 12.1. The van der Waals surface area contributed by atoms with Crippen molar-refractivity contribution in [2.45, 2.75) is 56.8 Å². The van der Waals surface area contributed by atoms with Gasteiger partial charge < -0.3 is 14.6 Å².